The van der Waals surface area contributed by atoms with Crippen LogP contribution in [0.15, 0.2) is 22.7 Å². The van der Waals surface area contributed by atoms with Crippen molar-refractivity contribution in [3.63, 3.8) is 0 Å². The molecule has 0 aliphatic carbocycles. The largest absolute Gasteiger partial charge is 0.416 e. The molecule has 0 bridgehead atoms. The summed E-state index contributed by atoms with van der Waals surface area (Å²) in [7, 11) is -1.36. The van der Waals surface area contributed by atoms with Gasteiger partial charge in [0, 0.05) is 4.47 Å². The molecule has 194 valence electrons. The van der Waals surface area contributed by atoms with E-state index in [0.29, 0.717) is 17.9 Å². The number of hydrogen-bond acceptors (Lipinski definition) is 4. The Hall–Kier alpha value is -0.660. The Morgan fingerprint density at radius 2 is 1.85 bits per heavy atom. The van der Waals surface area contributed by atoms with Crippen molar-refractivity contribution in [2.45, 2.75) is 63.9 Å². The van der Waals surface area contributed by atoms with Gasteiger partial charge in [0.2, 0.25) is 0 Å². The minimum atomic E-state index is -4.56. The Labute approximate surface area is 213 Å². The number of fused-ring (bicyclic) bond motifs is 1. The Morgan fingerprint density at radius 3 is 2.41 bits per heavy atom. The van der Waals surface area contributed by atoms with Crippen molar-refractivity contribution in [2.75, 3.05) is 31.5 Å². The SMILES string of the molecule is C[S+](C)CCOCn1c([C@H](COC(C)(C)C(F)(F)F)NS(=O)C(C)(C)C)nc2cc(Br)ccc21. The van der Waals surface area contributed by atoms with Crippen LogP contribution in [-0.4, -0.2) is 61.8 Å². The van der Waals surface area contributed by atoms with Crippen LogP contribution in [0.4, 0.5) is 13.2 Å². The van der Waals surface area contributed by atoms with E-state index in [1.54, 1.807) is 25.3 Å². The molecule has 1 N–H and O–H groups in total. The summed E-state index contributed by atoms with van der Waals surface area (Å²) in [5.74, 6) is 1.29. The number of rotatable bonds is 11. The number of ether oxygens (including phenoxy) is 2. The molecule has 2 aromatic rings. The highest BCUT2D eigenvalue weighted by Crippen LogP contribution is 2.34. The summed E-state index contributed by atoms with van der Waals surface area (Å²) in [4.78, 5) is 4.68. The van der Waals surface area contributed by atoms with Gasteiger partial charge in [0.15, 0.2) is 5.60 Å². The molecular weight excluding hydrogens is 555 g/mol. The molecule has 0 saturated carbocycles. The van der Waals surface area contributed by atoms with Gasteiger partial charge in [0.1, 0.15) is 24.3 Å². The standard InChI is InChI=1S/C22H34BrF3N3O3S2/c1-20(2,3)34(30)28-17(13-32-21(4,5)22(24,25)26)19-27-16-12-15(23)8-9-18(16)29(19)14-31-10-11-33(6)7/h8-9,12,17,28H,10-11,13-14H2,1-7H3/q+1/t17-,34?/m0/s1. The molecule has 0 spiro atoms. The van der Waals surface area contributed by atoms with Crippen molar-refractivity contribution < 1.29 is 26.9 Å². The summed E-state index contributed by atoms with van der Waals surface area (Å²) >= 11 is 3.43. The van der Waals surface area contributed by atoms with Gasteiger partial charge in [-0.25, -0.2) is 13.9 Å². The van der Waals surface area contributed by atoms with E-state index in [2.05, 4.69) is 38.1 Å². The number of benzene rings is 1. The van der Waals surface area contributed by atoms with Crippen LogP contribution >= 0.6 is 15.9 Å². The molecule has 2 rings (SSSR count). The van der Waals surface area contributed by atoms with E-state index in [1.807, 2.05) is 18.2 Å². The molecule has 0 aliphatic rings. The summed E-state index contributed by atoms with van der Waals surface area (Å²) in [5, 5.41) is 0. The number of nitrogens with one attached hydrogen (secondary N) is 1. The van der Waals surface area contributed by atoms with E-state index in [0.717, 1.165) is 29.6 Å². The third-order valence-electron chi connectivity index (χ3n) is 5.01. The first-order valence-corrected chi connectivity index (χ1v) is 14.8. The second-order valence-corrected chi connectivity index (χ2v) is 14.9. The second-order valence-electron chi connectivity index (χ2n) is 9.63. The maximum Gasteiger partial charge on any atom is 0.416 e. The minimum absolute atomic E-state index is 0.160. The van der Waals surface area contributed by atoms with Gasteiger partial charge < -0.3 is 14.0 Å². The molecule has 0 amide bonds. The number of halogens is 4. The first-order chi connectivity index (χ1) is 15.5. The Kier molecular flexibility index (Phi) is 10.1. The number of imidazole rings is 1. The van der Waals surface area contributed by atoms with Gasteiger partial charge in [-0.2, -0.15) is 13.2 Å². The first kappa shape index (κ1) is 29.6. The molecule has 34 heavy (non-hydrogen) atoms. The van der Waals surface area contributed by atoms with Crippen LogP contribution in [-0.2, 0) is 38.1 Å². The monoisotopic (exact) mass is 588 g/mol. The molecule has 0 fully saturated rings. The fraction of sp³-hybridized carbons (Fsp3) is 0.682. The highest BCUT2D eigenvalue weighted by molar-refractivity contribution is 9.10. The quantitative estimate of drug-likeness (QED) is 0.293. The summed E-state index contributed by atoms with van der Waals surface area (Å²) in [6.07, 6.45) is -0.312. The van der Waals surface area contributed by atoms with Crippen LogP contribution < -0.4 is 4.72 Å². The van der Waals surface area contributed by atoms with Crippen LogP contribution in [0.3, 0.4) is 0 Å². The highest BCUT2D eigenvalue weighted by Gasteiger charge is 2.49. The van der Waals surface area contributed by atoms with E-state index in [4.69, 9.17) is 9.47 Å². The van der Waals surface area contributed by atoms with Crippen LogP contribution in [0.2, 0.25) is 0 Å². The van der Waals surface area contributed by atoms with E-state index >= 15 is 0 Å². The van der Waals surface area contributed by atoms with Gasteiger partial charge in [0.05, 0.1) is 52.5 Å². The number of hydrogen-bond donors (Lipinski definition) is 1. The van der Waals surface area contributed by atoms with Gasteiger partial charge in [0.25, 0.3) is 0 Å². The average molecular weight is 590 g/mol. The fourth-order valence-corrected chi connectivity index (χ4v) is 4.33. The van der Waals surface area contributed by atoms with E-state index in [9.17, 15) is 17.4 Å². The van der Waals surface area contributed by atoms with Crippen LogP contribution in [0.1, 0.15) is 46.5 Å². The predicted molar refractivity (Wildman–Crippen MR) is 137 cm³/mol. The van der Waals surface area contributed by atoms with Crippen molar-refractivity contribution in [3.8, 4) is 0 Å². The van der Waals surface area contributed by atoms with Crippen molar-refractivity contribution in [1.82, 2.24) is 14.3 Å². The van der Waals surface area contributed by atoms with Gasteiger partial charge >= 0.3 is 6.18 Å². The molecule has 6 nitrogen and oxygen atoms in total. The van der Waals surface area contributed by atoms with Crippen LogP contribution in [0, 0.1) is 0 Å². The molecule has 0 radical (unpaired) electrons. The van der Waals surface area contributed by atoms with E-state index < -0.39 is 33.6 Å². The smallest absolute Gasteiger partial charge is 0.364 e. The molecule has 1 aromatic carbocycles. The Morgan fingerprint density at radius 1 is 1.21 bits per heavy atom. The minimum Gasteiger partial charge on any atom is -0.364 e. The fourth-order valence-electron chi connectivity index (χ4n) is 2.75. The van der Waals surface area contributed by atoms with Crippen molar-refractivity contribution >= 4 is 48.8 Å². The molecular formula is C22H34BrF3N3O3S2+. The summed E-state index contributed by atoms with van der Waals surface area (Å²) < 4.78 is 69.4. The molecule has 2 atom stereocenters. The van der Waals surface area contributed by atoms with Crippen LogP contribution in [0.5, 0.6) is 0 Å². The Bertz CT molecular complexity index is 991. The predicted octanol–water partition coefficient (Wildman–Crippen LogP) is 5.10. The van der Waals surface area contributed by atoms with Gasteiger partial charge in [-0.3, -0.25) is 0 Å². The first-order valence-electron chi connectivity index (χ1n) is 10.7. The molecule has 0 aliphatic heterocycles. The topological polar surface area (TPSA) is 65.4 Å². The zero-order chi connectivity index (χ0) is 25.9. The van der Waals surface area contributed by atoms with E-state index in [-0.39, 0.29) is 24.2 Å². The maximum atomic E-state index is 13.4. The second kappa shape index (κ2) is 11.6. The number of nitrogens with zero attached hydrogens (tertiary/aromatic N) is 2. The lowest BCUT2D eigenvalue weighted by molar-refractivity contribution is -0.265. The lowest BCUT2D eigenvalue weighted by Crippen LogP contribution is -2.45. The third-order valence-corrected chi connectivity index (χ3v) is 8.09. The number of alkyl halides is 3. The zero-order valence-corrected chi connectivity index (χ0v) is 23.8. The molecule has 0 saturated heterocycles. The number of aromatic nitrogens is 2. The summed E-state index contributed by atoms with van der Waals surface area (Å²) in [5.41, 5.74) is -0.985. The zero-order valence-electron chi connectivity index (χ0n) is 20.6. The molecule has 1 aromatic heterocycles. The van der Waals surface area contributed by atoms with Crippen molar-refractivity contribution in [3.05, 3.63) is 28.5 Å². The van der Waals surface area contributed by atoms with Gasteiger partial charge in [-0.1, -0.05) is 15.9 Å². The van der Waals surface area contributed by atoms with Gasteiger partial charge in [-0.05, 0) is 63.7 Å². The van der Waals surface area contributed by atoms with Crippen molar-refractivity contribution in [2.24, 2.45) is 0 Å². The van der Waals surface area contributed by atoms with Crippen molar-refractivity contribution in [1.29, 1.82) is 0 Å². The van der Waals surface area contributed by atoms with Gasteiger partial charge in [-0.15, -0.1) is 0 Å². The van der Waals surface area contributed by atoms with E-state index in [1.165, 1.54) is 0 Å². The molecule has 12 heteroatoms. The average Bonchev–Trinajstić information content (AvgIpc) is 3.03. The molecule has 1 unspecified atom stereocenters. The summed E-state index contributed by atoms with van der Waals surface area (Å²) in [6.45, 7) is 7.60. The lowest BCUT2D eigenvalue weighted by Gasteiger charge is -2.31. The highest BCUT2D eigenvalue weighted by atomic mass is 79.9. The normalized spacial score (nSPS) is 15.3. The third kappa shape index (κ3) is 7.92. The summed E-state index contributed by atoms with van der Waals surface area (Å²) in [6, 6.07) is 4.67. The Balaban J connectivity index is 2.47. The maximum absolute atomic E-state index is 13.4. The van der Waals surface area contributed by atoms with Crippen LogP contribution in [0.25, 0.3) is 11.0 Å². The molecule has 1 heterocycles. The lowest BCUT2D eigenvalue weighted by atomic mass is 10.1.